The van der Waals surface area contributed by atoms with Crippen molar-refractivity contribution in [2.75, 3.05) is 7.11 Å². The van der Waals surface area contributed by atoms with Crippen LogP contribution in [0.3, 0.4) is 0 Å². The molecule has 1 heterocycles. The standard InChI is InChI=1S/C25H26O6S/c1-15(2)16-6-10-20(11-7-16)32-14-19-12-22(27)24(29)25(31-19)21(13-23(28)30-3)17-4-8-18(26)9-5-17/h4-12,15,21,26,29H,13-14H2,1-3H3/t21-/m0/s1. The van der Waals surface area contributed by atoms with Gasteiger partial charge in [-0.3, -0.25) is 9.59 Å². The molecule has 0 aliphatic rings. The molecule has 0 radical (unpaired) electrons. The maximum atomic E-state index is 12.5. The molecule has 1 atom stereocenters. The van der Waals surface area contributed by atoms with Crippen LogP contribution in [-0.4, -0.2) is 23.3 Å². The number of thioether (sulfide) groups is 1. The maximum absolute atomic E-state index is 12.5. The van der Waals surface area contributed by atoms with Gasteiger partial charge in [-0.15, -0.1) is 11.8 Å². The Kier molecular flexibility index (Phi) is 7.64. The summed E-state index contributed by atoms with van der Waals surface area (Å²) in [5.74, 6) is -0.537. The first-order chi connectivity index (χ1) is 15.3. The van der Waals surface area contributed by atoms with Crippen molar-refractivity contribution in [1.29, 1.82) is 0 Å². The molecule has 6 nitrogen and oxygen atoms in total. The number of carbonyl (C=O) groups is 1. The Labute approximate surface area is 190 Å². The van der Waals surface area contributed by atoms with E-state index in [4.69, 9.17) is 9.15 Å². The molecular weight excluding hydrogens is 428 g/mol. The number of hydrogen-bond donors (Lipinski definition) is 2. The Morgan fingerprint density at radius 3 is 2.25 bits per heavy atom. The monoisotopic (exact) mass is 454 g/mol. The molecule has 0 saturated carbocycles. The fourth-order valence-corrected chi connectivity index (χ4v) is 4.06. The molecule has 0 spiro atoms. The van der Waals surface area contributed by atoms with Crippen molar-refractivity contribution in [3.8, 4) is 11.5 Å². The first kappa shape index (κ1) is 23.5. The van der Waals surface area contributed by atoms with Crippen molar-refractivity contribution in [1.82, 2.24) is 0 Å². The van der Waals surface area contributed by atoms with E-state index < -0.39 is 23.1 Å². The molecule has 0 aliphatic carbocycles. The van der Waals surface area contributed by atoms with E-state index in [-0.39, 0.29) is 17.9 Å². The lowest BCUT2D eigenvalue weighted by Gasteiger charge is -2.17. The first-order valence-electron chi connectivity index (χ1n) is 10.2. The minimum Gasteiger partial charge on any atom is -0.508 e. The van der Waals surface area contributed by atoms with Crippen LogP contribution in [0.1, 0.15) is 54.8 Å². The second kappa shape index (κ2) is 10.4. The highest BCUT2D eigenvalue weighted by Gasteiger charge is 2.26. The van der Waals surface area contributed by atoms with Crippen LogP contribution >= 0.6 is 11.8 Å². The Bertz CT molecular complexity index is 1120. The third-order valence-corrected chi connectivity index (χ3v) is 6.17. The molecule has 0 saturated heterocycles. The van der Waals surface area contributed by atoms with Gasteiger partial charge in [-0.1, -0.05) is 38.1 Å². The Morgan fingerprint density at radius 2 is 1.66 bits per heavy atom. The molecule has 7 heteroatoms. The maximum Gasteiger partial charge on any atom is 0.306 e. The summed E-state index contributed by atoms with van der Waals surface area (Å²) in [7, 11) is 1.27. The van der Waals surface area contributed by atoms with Gasteiger partial charge in [-0.2, -0.15) is 0 Å². The lowest BCUT2D eigenvalue weighted by molar-refractivity contribution is -0.140. The molecular formula is C25H26O6S. The van der Waals surface area contributed by atoms with Crippen molar-refractivity contribution in [2.24, 2.45) is 0 Å². The van der Waals surface area contributed by atoms with Crippen molar-refractivity contribution in [3.05, 3.63) is 87.5 Å². The van der Waals surface area contributed by atoms with Gasteiger partial charge >= 0.3 is 5.97 Å². The van der Waals surface area contributed by atoms with Gasteiger partial charge in [0.25, 0.3) is 0 Å². The minimum absolute atomic E-state index is 0.000606. The zero-order valence-electron chi connectivity index (χ0n) is 18.2. The molecule has 0 amide bonds. The second-order valence-corrected chi connectivity index (χ2v) is 8.78. The van der Waals surface area contributed by atoms with E-state index in [1.807, 2.05) is 12.1 Å². The summed E-state index contributed by atoms with van der Waals surface area (Å²) in [5.41, 5.74) is 1.26. The lowest BCUT2D eigenvalue weighted by atomic mass is 9.92. The number of esters is 1. The highest BCUT2D eigenvalue weighted by atomic mass is 32.2. The molecule has 0 fully saturated rings. The topological polar surface area (TPSA) is 97.0 Å². The number of phenolic OH excluding ortho intramolecular Hbond substituents is 1. The Morgan fingerprint density at radius 1 is 1.03 bits per heavy atom. The number of carbonyl (C=O) groups excluding carboxylic acids is 1. The third kappa shape index (κ3) is 5.73. The van der Waals surface area contributed by atoms with Crippen molar-refractivity contribution in [3.63, 3.8) is 0 Å². The van der Waals surface area contributed by atoms with Crippen molar-refractivity contribution in [2.45, 2.75) is 42.8 Å². The number of aromatic hydroxyl groups is 2. The zero-order valence-corrected chi connectivity index (χ0v) is 19.0. The molecule has 3 aromatic rings. The smallest absolute Gasteiger partial charge is 0.306 e. The molecule has 2 aromatic carbocycles. The van der Waals surface area contributed by atoms with E-state index in [2.05, 4.69) is 26.0 Å². The van der Waals surface area contributed by atoms with E-state index in [0.29, 0.717) is 23.0 Å². The number of methoxy groups -OCH3 is 1. The van der Waals surface area contributed by atoms with E-state index in [0.717, 1.165) is 4.90 Å². The Balaban J connectivity index is 1.91. The van der Waals surface area contributed by atoms with E-state index >= 15 is 0 Å². The van der Waals surface area contributed by atoms with Gasteiger partial charge in [0, 0.05) is 11.0 Å². The van der Waals surface area contributed by atoms with Crippen molar-refractivity contribution >= 4 is 17.7 Å². The lowest BCUT2D eigenvalue weighted by Crippen LogP contribution is -2.14. The summed E-state index contributed by atoms with van der Waals surface area (Å²) < 4.78 is 10.7. The molecule has 0 aliphatic heterocycles. The number of rotatable bonds is 8. The molecule has 2 N–H and O–H groups in total. The largest absolute Gasteiger partial charge is 0.508 e. The van der Waals surface area contributed by atoms with Crippen LogP contribution in [0.5, 0.6) is 11.5 Å². The van der Waals surface area contributed by atoms with Gasteiger partial charge in [-0.25, -0.2) is 0 Å². The van der Waals surface area contributed by atoms with Gasteiger partial charge in [0.05, 0.1) is 25.2 Å². The second-order valence-electron chi connectivity index (χ2n) is 7.73. The predicted octanol–water partition coefficient (Wildman–Crippen LogP) is 5.16. The van der Waals surface area contributed by atoms with Gasteiger partial charge in [0.15, 0.2) is 5.76 Å². The normalized spacial score (nSPS) is 12.0. The highest BCUT2D eigenvalue weighted by molar-refractivity contribution is 7.98. The van der Waals surface area contributed by atoms with Crippen LogP contribution in [-0.2, 0) is 15.3 Å². The van der Waals surface area contributed by atoms with Crippen LogP contribution < -0.4 is 5.43 Å². The van der Waals surface area contributed by atoms with Crippen LogP contribution in [0.2, 0.25) is 0 Å². The number of ether oxygens (including phenoxy) is 1. The highest BCUT2D eigenvalue weighted by Crippen LogP contribution is 2.35. The number of phenols is 1. The zero-order chi connectivity index (χ0) is 23.3. The van der Waals surface area contributed by atoms with Crippen LogP contribution in [0.4, 0.5) is 0 Å². The average Bonchev–Trinajstić information content (AvgIpc) is 2.79. The summed E-state index contributed by atoms with van der Waals surface area (Å²) in [4.78, 5) is 25.5. The van der Waals surface area contributed by atoms with Crippen LogP contribution in [0.15, 0.2) is 68.7 Å². The van der Waals surface area contributed by atoms with Gasteiger partial charge in [0.2, 0.25) is 11.2 Å². The quantitative estimate of drug-likeness (QED) is 0.358. The first-order valence-corrected chi connectivity index (χ1v) is 11.2. The number of hydrogen-bond acceptors (Lipinski definition) is 7. The molecule has 1 aromatic heterocycles. The van der Waals surface area contributed by atoms with Gasteiger partial charge in [0.1, 0.15) is 11.5 Å². The fourth-order valence-electron chi connectivity index (χ4n) is 3.28. The van der Waals surface area contributed by atoms with Gasteiger partial charge in [-0.05, 0) is 41.3 Å². The van der Waals surface area contributed by atoms with Gasteiger partial charge < -0.3 is 19.4 Å². The molecule has 32 heavy (non-hydrogen) atoms. The predicted molar refractivity (Wildman–Crippen MR) is 123 cm³/mol. The molecule has 168 valence electrons. The average molecular weight is 455 g/mol. The SMILES string of the molecule is COC(=O)C[C@@H](c1ccc(O)cc1)c1oc(CSc2ccc(C(C)C)cc2)cc(=O)c1O. The fraction of sp³-hybridized carbons (Fsp3) is 0.280. The summed E-state index contributed by atoms with van der Waals surface area (Å²) >= 11 is 1.51. The minimum atomic E-state index is -0.744. The Hall–Kier alpha value is -3.19. The molecule has 0 bridgehead atoms. The number of benzene rings is 2. The van der Waals surface area contributed by atoms with Crippen molar-refractivity contribution < 1.29 is 24.2 Å². The summed E-state index contributed by atoms with van der Waals surface area (Å²) in [6.45, 7) is 4.27. The summed E-state index contributed by atoms with van der Waals surface area (Å²) in [6.07, 6.45) is -0.134. The van der Waals surface area contributed by atoms with E-state index in [9.17, 15) is 19.8 Å². The molecule has 0 unspecified atom stereocenters. The van der Waals surface area contributed by atoms with Crippen LogP contribution in [0, 0.1) is 0 Å². The molecule has 3 rings (SSSR count). The van der Waals surface area contributed by atoms with Crippen LogP contribution in [0.25, 0.3) is 0 Å². The van der Waals surface area contributed by atoms with E-state index in [1.54, 1.807) is 12.1 Å². The summed E-state index contributed by atoms with van der Waals surface area (Å²) in [5, 5.41) is 20.0. The summed E-state index contributed by atoms with van der Waals surface area (Å²) in [6, 6.07) is 15.6. The third-order valence-electron chi connectivity index (χ3n) is 5.14. The van der Waals surface area contributed by atoms with E-state index in [1.165, 1.54) is 42.6 Å².